The van der Waals surface area contributed by atoms with Gasteiger partial charge in [-0.3, -0.25) is 4.72 Å². The number of anilines is 1. The highest BCUT2D eigenvalue weighted by molar-refractivity contribution is 7.94. The lowest BCUT2D eigenvalue weighted by Gasteiger charge is -2.05. The van der Waals surface area contributed by atoms with Gasteiger partial charge < -0.3 is 4.52 Å². The van der Waals surface area contributed by atoms with Crippen LogP contribution in [-0.4, -0.2) is 13.6 Å². The number of sulfonamides is 1. The lowest BCUT2D eigenvalue weighted by atomic mass is 10.3. The number of hydrogen-bond acceptors (Lipinski definition) is 5. The van der Waals surface area contributed by atoms with E-state index in [0.29, 0.717) is 17.0 Å². The summed E-state index contributed by atoms with van der Waals surface area (Å²) in [6.45, 7) is 0. The summed E-state index contributed by atoms with van der Waals surface area (Å²) in [4.78, 5) is 0. The maximum absolute atomic E-state index is 12.8. The van der Waals surface area contributed by atoms with Crippen molar-refractivity contribution in [3.05, 3.63) is 53.8 Å². The Morgan fingerprint density at radius 1 is 1.19 bits per heavy atom. The molecule has 3 aromatic rings. The van der Waals surface area contributed by atoms with Gasteiger partial charge in [-0.05, 0) is 30.3 Å². The molecule has 0 saturated carbocycles. The first-order valence-electron chi connectivity index (χ1n) is 5.82. The first-order valence-corrected chi connectivity index (χ1v) is 8.19. The fourth-order valence-electron chi connectivity index (χ4n) is 1.67. The van der Waals surface area contributed by atoms with E-state index < -0.39 is 15.8 Å². The van der Waals surface area contributed by atoms with Crippen molar-refractivity contribution in [3.63, 3.8) is 0 Å². The molecule has 108 valence electrons. The van der Waals surface area contributed by atoms with Crippen LogP contribution >= 0.6 is 11.3 Å². The number of nitrogens with one attached hydrogen (secondary N) is 1. The van der Waals surface area contributed by atoms with Crippen LogP contribution in [0.3, 0.4) is 0 Å². The van der Waals surface area contributed by atoms with E-state index in [-0.39, 0.29) is 4.21 Å². The summed E-state index contributed by atoms with van der Waals surface area (Å²) in [6, 6.07) is 8.23. The van der Waals surface area contributed by atoms with E-state index in [9.17, 15) is 12.8 Å². The van der Waals surface area contributed by atoms with Crippen molar-refractivity contribution in [1.82, 2.24) is 5.16 Å². The van der Waals surface area contributed by atoms with Gasteiger partial charge in [0.1, 0.15) is 10.0 Å². The zero-order valence-electron chi connectivity index (χ0n) is 10.5. The maximum Gasteiger partial charge on any atom is 0.271 e. The molecule has 0 unspecified atom stereocenters. The van der Waals surface area contributed by atoms with Crippen LogP contribution in [0.15, 0.2) is 56.7 Å². The number of benzene rings is 1. The Balaban J connectivity index is 1.87. The average molecular weight is 324 g/mol. The van der Waals surface area contributed by atoms with Gasteiger partial charge in [-0.15, -0.1) is 11.3 Å². The van der Waals surface area contributed by atoms with Gasteiger partial charge in [0.15, 0.2) is 5.76 Å². The molecule has 0 atom stereocenters. The smallest absolute Gasteiger partial charge is 0.271 e. The normalized spacial score (nSPS) is 11.5. The Bertz CT molecular complexity index is 840. The van der Waals surface area contributed by atoms with Gasteiger partial charge in [-0.25, -0.2) is 12.8 Å². The van der Waals surface area contributed by atoms with Crippen LogP contribution in [0.1, 0.15) is 0 Å². The second-order valence-electron chi connectivity index (χ2n) is 4.14. The van der Waals surface area contributed by atoms with Crippen molar-refractivity contribution < 1.29 is 17.3 Å². The predicted octanol–water partition coefficient (Wildman–Crippen LogP) is 3.34. The van der Waals surface area contributed by atoms with Crippen molar-refractivity contribution in [3.8, 4) is 11.3 Å². The minimum absolute atomic E-state index is 0.137. The Labute approximate surface area is 124 Å². The standard InChI is InChI=1S/C13H9FN2O3S2/c14-10-1-3-11(4-2-10)16-21(17,18)13-7-9(8-20-13)12-5-6-15-19-12/h1-8,16H. The fraction of sp³-hybridized carbons (Fsp3) is 0. The van der Waals surface area contributed by atoms with E-state index in [0.717, 1.165) is 11.3 Å². The summed E-state index contributed by atoms with van der Waals surface area (Å²) in [5.74, 6) is 0.0659. The van der Waals surface area contributed by atoms with Gasteiger partial charge in [0.2, 0.25) is 0 Å². The number of rotatable bonds is 4. The number of hydrogen-bond donors (Lipinski definition) is 1. The SMILES string of the molecule is O=S(=O)(Nc1ccc(F)cc1)c1cc(-c2ccno2)cs1. The second-order valence-corrected chi connectivity index (χ2v) is 6.96. The summed E-state index contributed by atoms with van der Waals surface area (Å²) in [5, 5.41) is 5.24. The molecule has 2 heterocycles. The monoisotopic (exact) mass is 324 g/mol. The summed E-state index contributed by atoms with van der Waals surface area (Å²) >= 11 is 1.06. The third-order valence-electron chi connectivity index (χ3n) is 2.66. The Kier molecular flexibility index (Phi) is 3.48. The van der Waals surface area contributed by atoms with Crippen LogP contribution in [0.2, 0.25) is 0 Å². The van der Waals surface area contributed by atoms with Gasteiger partial charge in [-0.2, -0.15) is 0 Å². The molecule has 0 aliphatic carbocycles. The van der Waals surface area contributed by atoms with E-state index >= 15 is 0 Å². The molecule has 0 aliphatic rings. The number of aromatic nitrogens is 1. The van der Waals surface area contributed by atoms with E-state index in [1.165, 1.54) is 36.5 Å². The van der Waals surface area contributed by atoms with Crippen molar-refractivity contribution in [1.29, 1.82) is 0 Å². The Hall–Kier alpha value is -2.19. The minimum atomic E-state index is -3.71. The summed E-state index contributed by atoms with van der Waals surface area (Å²) in [6.07, 6.45) is 1.48. The number of halogens is 1. The molecule has 2 aromatic heterocycles. The summed E-state index contributed by atoms with van der Waals surface area (Å²) in [7, 11) is -3.71. The van der Waals surface area contributed by atoms with Gasteiger partial charge >= 0.3 is 0 Å². The van der Waals surface area contributed by atoms with Crippen LogP contribution in [-0.2, 0) is 10.0 Å². The zero-order valence-corrected chi connectivity index (χ0v) is 12.1. The van der Waals surface area contributed by atoms with Gasteiger partial charge in [0.25, 0.3) is 10.0 Å². The molecule has 1 aromatic carbocycles. The number of nitrogens with zero attached hydrogens (tertiary/aromatic N) is 1. The van der Waals surface area contributed by atoms with Crippen LogP contribution in [0.4, 0.5) is 10.1 Å². The zero-order chi connectivity index (χ0) is 14.9. The molecular weight excluding hydrogens is 315 g/mol. The first kappa shape index (κ1) is 13.8. The molecular formula is C13H9FN2O3S2. The van der Waals surface area contributed by atoms with Crippen molar-refractivity contribution in [2.75, 3.05) is 4.72 Å². The molecule has 8 heteroatoms. The third-order valence-corrected chi connectivity index (χ3v) is 5.48. The first-order chi connectivity index (χ1) is 10.0. The predicted molar refractivity (Wildman–Crippen MR) is 77.0 cm³/mol. The largest absolute Gasteiger partial charge is 0.356 e. The molecule has 0 saturated heterocycles. The molecule has 21 heavy (non-hydrogen) atoms. The van der Waals surface area contributed by atoms with Gasteiger partial charge in [0.05, 0.1) is 6.20 Å². The highest BCUT2D eigenvalue weighted by Crippen LogP contribution is 2.29. The van der Waals surface area contributed by atoms with E-state index in [1.54, 1.807) is 11.4 Å². The van der Waals surface area contributed by atoms with E-state index in [4.69, 9.17) is 4.52 Å². The second kappa shape index (κ2) is 5.30. The van der Waals surface area contributed by atoms with Crippen LogP contribution in [0.25, 0.3) is 11.3 Å². The van der Waals surface area contributed by atoms with Crippen molar-refractivity contribution in [2.24, 2.45) is 0 Å². The topological polar surface area (TPSA) is 72.2 Å². The highest BCUT2D eigenvalue weighted by atomic mass is 32.2. The lowest BCUT2D eigenvalue weighted by Crippen LogP contribution is -2.11. The van der Waals surface area contributed by atoms with Gasteiger partial charge in [-0.1, -0.05) is 5.16 Å². The van der Waals surface area contributed by atoms with E-state index in [1.807, 2.05) is 0 Å². The van der Waals surface area contributed by atoms with Crippen LogP contribution < -0.4 is 4.72 Å². The third kappa shape index (κ3) is 2.96. The summed E-state index contributed by atoms with van der Waals surface area (Å²) in [5.41, 5.74) is 0.933. The van der Waals surface area contributed by atoms with Crippen LogP contribution in [0, 0.1) is 5.82 Å². The van der Waals surface area contributed by atoms with Crippen molar-refractivity contribution >= 4 is 27.0 Å². The molecule has 0 amide bonds. The Morgan fingerprint density at radius 2 is 1.95 bits per heavy atom. The maximum atomic E-state index is 12.8. The summed E-state index contributed by atoms with van der Waals surface area (Å²) < 4.78 is 44.8. The number of thiophene rings is 1. The Morgan fingerprint density at radius 3 is 2.62 bits per heavy atom. The quantitative estimate of drug-likeness (QED) is 0.799. The molecule has 5 nitrogen and oxygen atoms in total. The minimum Gasteiger partial charge on any atom is -0.356 e. The molecule has 1 N–H and O–H groups in total. The van der Waals surface area contributed by atoms with Crippen molar-refractivity contribution in [2.45, 2.75) is 4.21 Å². The molecule has 3 rings (SSSR count). The fourth-order valence-corrected chi connectivity index (χ4v) is 3.90. The van der Waals surface area contributed by atoms with Crippen LogP contribution in [0.5, 0.6) is 0 Å². The molecule has 0 spiro atoms. The molecule has 0 aliphatic heterocycles. The molecule has 0 radical (unpaired) electrons. The highest BCUT2D eigenvalue weighted by Gasteiger charge is 2.18. The van der Waals surface area contributed by atoms with Gasteiger partial charge in [0, 0.05) is 22.7 Å². The lowest BCUT2D eigenvalue weighted by molar-refractivity contribution is 0.432. The van der Waals surface area contributed by atoms with E-state index in [2.05, 4.69) is 9.88 Å². The molecule has 0 bridgehead atoms. The average Bonchev–Trinajstić information content (AvgIpc) is 3.11. The molecule has 0 fully saturated rings.